The third-order valence-electron chi connectivity index (χ3n) is 0.427. The van der Waals surface area contributed by atoms with E-state index < -0.39 is 0 Å². The van der Waals surface area contributed by atoms with E-state index >= 15 is 0 Å². The lowest BCUT2D eigenvalue weighted by Crippen LogP contribution is -1.78. The first-order chi connectivity index (χ1) is 3.77. The minimum atomic E-state index is 0.333. The average Bonchev–Trinajstić information content (AvgIpc) is 1.66. The standard InChI is InChI=1S/C5H7IN2/c1-5(7)8-4-2-3-6/h2-4,7H,1H3/b3-2-,7-5?,8-4?. The quantitative estimate of drug-likeness (QED) is 0.400. The molecular weight excluding hydrogens is 215 g/mol. The molecule has 0 aromatic heterocycles. The van der Waals surface area contributed by atoms with Crippen molar-refractivity contribution in [1.82, 2.24) is 0 Å². The summed E-state index contributed by atoms with van der Waals surface area (Å²) in [4.78, 5) is 3.68. The van der Waals surface area contributed by atoms with Crippen LogP contribution < -0.4 is 0 Å². The fraction of sp³-hybridized carbons (Fsp3) is 0.200. The first-order valence-electron chi connectivity index (χ1n) is 2.12. The van der Waals surface area contributed by atoms with Crippen LogP contribution in [0.5, 0.6) is 0 Å². The lowest BCUT2D eigenvalue weighted by atomic mass is 10.6. The number of nitrogens with one attached hydrogen (secondary N) is 1. The minimum Gasteiger partial charge on any atom is -0.287 e. The number of halogens is 1. The highest BCUT2D eigenvalue weighted by Gasteiger charge is 1.69. The summed E-state index contributed by atoms with van der Waals surface area (Å²) in [6, 6.07) is 0. The van der Waals surface area contributed by atoms with Gasteiger partial charge in [0.25, 0.3) is 0 Å². The first-order valence-corrected chi connectivity index (χ1v) is 3.36. The Bertz CT molecular complexity index is 126. The van der Waals surface area contributed by atoms with E-state index in [4.69, 9.17) is 5.41 Å². The van der Waals surface area contributed by atoms with Crippen LogP contribution in [0.1, 0.15) is 6.92 Å². The molecule has 0 radical (unpaired) electrons. The van der Waals surface area contributed by atoms with Crippen molar-refractivity contribution in [2.24, 2.45) is 4.99 Å². The van der Waals surface area contributed by atoms with Crippen LogP contribution >= 0.6 is 22.6 Å². The number of hydrogen-bond donors (Lipinski definition) is 1. The van der Waals surface area contributed by atoms with Gasteiger partial charge >= 0.3 is 0 Å². The van der Waals surface area contributed by atoms with Crippen molar-refractivity contribution in [3.8, 4) is 0 Å². The van der Waals surface area contributed by atoms with E-state index in [0.29, 0.717) is 5.84 Å². The third-order valence-corrected chi connectivity index (χ3v) is 0.842. The highest BCUT2D eigenvalue weighted by Crippen LogP contribution is 1.80. The second kappa shape index (κ2) is 4.96. The number of aliphatic imine (C=N–C) groups is 1. The van der Waals surface area contributed by atoms with Gasteiger partial charge in [0, 0.05) is 6.21 Å². The molecule has 0 bridgehead atoms. The summed E-state index contributed by atoms with van der Waals surface area (Å²) >= 11 is 2.09. The monoisotopic (exact) mass is 222 g/mol. The van der Waals surface area contributed by atoms with Crippen molar-refractivity contribution in [2.75, 3.05) is 0 Å². The molecule has 0 aliphatic rings. The van der Waals surface area contributed by atoms with Crippen LogP contribution in [0.15, 0.2) is 15.2 Å². The van der Waals surface area contributed by atoms with Gasteiger partial charge in [0.15, 0.2) is 0 Å². The van der Waals surface area contributed by atoms with Crippen molar-refractivity contribution in [3.63, 3.8) is 0 Å². The summed E-state index contributed by atoms with van der Waals surface area (Å²) < 4.78 is 1.84. The van der Waals surface area contributed by atoms with E-state index in [1.807, 2.05) is 4.08 Å². The Hall–Kier alpha value is -0.190. The van der Waals surface area contributed by atoms with Crippen LogP contribution in [-0.4, -0.2) is 12.1 Å². The van der Waals surface area contributed by atoms with Crippen LogP contribution in [-0.2, 0) is 0 Å². The molecule has 0 saturated carbocycles. The molecule has 0 amide bonds. The summed E-state index contributed by atoms with van der Waals surface area (Å²) in [5.41, 5.74) is 0. The van der Waals surface area contributed by atoms with Crippen LogP contribution in [0, 0.1) is 5.41 Å². The topological polar surface area (TPSA) is 36.2 Å². The molecule has 3 heteroatoms. The minimum absolute atomic E-state index is 0.333. The van der Waals surface area contributed by atoms with E-state index in [1.165, 1.54) is 0 Å². The van der Waals surface area contributed by atoms with E-state index in [0.717, 1.165) is 0 Å². The second-order valence-electron chi connectivity index (χ2n) is 1.18. The predicted molar refractivity (Wildman–Crippen MR) is 45.1 cm³/mol. The van der Waals surface area contributed by atoms with Crippen LogP contribution in [0.2, 0.25) is 0 Å². The van der Waals surface area contributed by atoms with E-state index in [2.05, 4.69) is 27.6 Å². The van der Waals surface area contributed by atoms with Crippen molar-refractivity contribution in [3.05, 3.63) is 10.2 Å². The number of hydrogen-bond acceptors (Lipinski definition) is 1. The molecule has 0 heterocycles. The molecule has 0 fully saturated rings. The number of amidine groups is 1. The Morgan fingerprint density at radius 1 is 1.75 bits per heavy atom. The van der Waals surface area contributed by atoms with Gasteiger partial charge in [-0.2, -0.15) is 0 Å². The van der Waals surface area contributed by atoms with Crippen molar-refractivity contribution in [2.45, 2.75) is 6.92 Å². The van der Waals surface area contributed by atoms with Gasteiger partial charge in [-0.25, -0.2) is 4.99 Å². The highest BCUT2D eigenvalue weighted by molar-refractivity contribution is 14.1. The van der Waals surface area contributed by atoms with Crippen LogP contribution in [0.3, 0.4) is 0 Å². The average molecular weight is 222 g/mol. The molecule has 0 unspecified atom stereocenters. The molecule has 0 atom stereocenters. The highest BCUT2D eigenvalue weighted by atomic mass is 127. The molecule has 1 N–H and O–H groups in total. The van der Waals surface area contributed by atoms with Crippen molar-refractivity contribution in [1.29, 1.82) is 5.41 Å². The number of nitrogens with zero attached hydrogens (tertiary/aromatic N) is 1. The number of rotatable bonds is 1. The normalized spacial score (nSPS) is 11.2. The van der Waals surface area contributed by atoms with Gasteiger partial charge in [-0.15, -0.1) is 0 Å². The molecule has 8 heavy (non-hydrogen) atoms. The van der Waals surface area contributed by atoms with Gasteiger partial charge < -0.3 is 0 Å². The lowest BCUT2D eigenvalue weighted by Gasteiger charge is -1.76. The van der Waals surface area contributed by atoms with Crippen LogP contribution in [0.25, 0.3) is 0 Å². The fourth-order valence-electron chi connectivity index (χ4n) is 0.187. The molecule has 44 valence electrons. The summed E-state index contributed by atoms with van der Waals surface area (Å²) in [5.74, 6) is 0.333. The van der Waals surface area contributed by atoms with Gasteiger partial charge in [-0.3, -0.25) is 5.41 Å². The maximum absolute atomic E-state index is 6.84. The molecule has 0 aromatic rings. The zero-order chi connectivity index (χ0) is 6.41. The van der Waals surface area contributed by atoms with Gasteiger partial charge in [0.05, 0.1) is 0 Å². The molecule has 0 rings (SSSR count). The smallest absolute Gasteiger partial charge is 0.117 e. The van der Waals surface area contributed by atoms with Gasteiger partial charge in [-0.1, -0.05) is 22.6 Å². The summed E-state index contributed by atoms with van der Waals surface area (Å²) in [6.07, 6.45) is 3.37. The largest absolute Gasteiger partial charge is 0.287 e. The van der Waals surface area contributed by atoms with Crippen LogP contribution in [0.4, 0.5) is 0 Å². The molecule has 0 saturated heterocycles. The Balaban J connectivity index is 3.50. The predicted octanol–water partition coefficient (Wildman–Crippen LogP) is 2.00. The summed E-state index contributed by atoms with van der Waals surface area (Å²) in [5, 5.41) is 6.84. The molecule has 2 nitrogen and oxygen atoms in total. The second-order valence-corrected chi connectivity index (χ2v) is 1.90. The maximum atomic E-state index is 6.84. The Labute approximate surface area is 62.4 Å². The summed E-state index contributed by atoms with van der Waals surface area (Å²) in [6.45, 7) is 1.64. The Morgan fingerprint density at radius 2 is 2.38 bits per heavy atom. The van der Waals surface area contributed by atoms with Gasteiger partial charge in [0.2, 0.25) is 0 Å². The Morgan fingerprint density at radius 3 is 2.75 bits per heavy atom. The Kier molecular flexibility index (Phi) is 4.84. The van der Waals surface area contributed by atoms with Gasteiger partial charge in [-0.05, 0) is 17.1 Å². The molecule has 0 spiro atoms. The van der Waals surface area contributed by atoms with E-state index in [9.17, 15) is 0 Å². The molecule has 0 aliphatic carbocycles. The fourth-order valence-corrected chi connectivity index (χ4v) is 0.373. The zero-order valence-electron chi connectivity index (χ0n) is 4.56. The summed E-state index contributed by atoms with van der Waals surface area (Å²) in [7, 11) is 0. The number of allylic oxidation sites excluding steroid dienone is 1. The zero-order valence-corrected chi connectivity index (χ0v) is 6.71. The molecule has 0 aromatic carbocycles. The SMILES string of the molecule is CC(=N)N=C/C=C\I. The van der Waals surface area contributed by atoms with E-state index in [1.54, 1.807) is 19.2 Å². The molecular formula is C5H7IN2. The van der Waals surface area contributed by atoms with Crippen molar-refractivity contribution >= 4 is 34.6 Å². The van der Waals surface area contributed by atoms with E-state index in [-0.39, 0.29) is 0 Å². The first kappa shape index (κ1) is 7.81. The molecule has 0 aliphatic heterocycles. The maximum Gasteiger partial charge on any atom is 0.117 e. The van der Waals surface area contributed by atoms with Gasteiger partial charge in [0.1, 0.15) is 5.84 Å². The third kappa shape index (κ3) is 5.81. The lowest BCUT2D eigenvalue weighted by molar-refractivity contribution is 1.42. The van der Waals surface area contributed by atoms with Crippen molar-refractivity contribution < 1.29 is 0 Å².